The van der Waals surface area contributed by atoms with Gasteiger partial charge < -0.3 is 29.6 Å². The first-order valence-electron chi connectivity index (χ1n) is 12.8. The number of nitrogens with zero attached hydrogens (tertiary/aromatic N) is 3. The van der Waals surface area contributed by atoms with E-state index in [0.717, 1.165) is 10.6 Å². The zero-order valence-corrected chi connectivity index (χ0v) is 23.9. The van der Waals surface area contributed by atoms with Crippen LogP contribution in [0.1, 0.15) is 11.3 Å². The lowest BCUT2D eigenvalue weighted by atomic mass is 10.1. The van der Waals surface area contributed by atoms with Crippen molar-refractivity contribution in [2.45, 2.75) is 13.2 Å². The van der Waals surface area contributed by atoms with Crippen molar-refractivity contribution in [3.8, 4) is 17.1 Å². The number of carbonyl (C=O) groups is 1. The normalized spacial score (nSPS) is 11.9. The smallest absolute Gasteiger partial charge is 0.423 e. The van der Waals surface area contributed by atoms with Gasteiger partial charge >= 0.3 is 6.09 Å². The van der Waals surface area contributed by atoms with Crippen LogP contribution in [0.4, 0.5) is 20.7 Å². The molecular formula is C29H24ClFN5O6S-. The monoisotopic (exact) mass is 624 g/mol. The minimum absolute atomic E-state index is 0.00760. The first kappa shape index (κ1) is 29.9. The number of primary amides is 1. The third kappa shape index (κ3) is 8.05. The maximum absolute atomic E-state index is 13.5. The third-order valence-electron chi connectivity index (χ3n) is 6.12. The number of ether oxygens (including phenoxy) is 1. The SMILES string of the molecule is NC(=O)ON(CCS(=O)[O-])Cc1ccc(-c2ccc3ncnc(Nc4ccc(OCc5cccc(F)c5)c(Cl)c4)c3c2)o1. The number of aromatic nitrogens is 2. The molecule has 0 bridgehead atoms. The number of hydrogen-bond acceptors (Lipinski definition) is 10. The number of halogens is 2. The van der Waals surface area contributed by atoms with Gasteiger partial charge in [0.2, 0.25) is 0 Å². The molecule has 0 saturated carbocycles. The van der Waals surface area contributed by atoms with E-state index in [1.54, 1.807) is 42.5 Å². The van der Waals surface area contributed by atoms with Crippen LogP contribution in [0, 0.1) is 5.82 Å². The van der Waals surface area contributed by atoms with Crippen LogP contribution in [0.2, 0.25) is 5.02 Å². The molecule has 0 aliphatic rings. The molecule has 0 aliphatic heterocycles. The van der Waals surface area contributed by atoms with Crippen LogP contribution in [0.3, 0.4) is 0 Å². The Kier molecular flexibility index (Phi) is 9.47. The summed E-state index contributed by atoms with van der Waals surface area (Å²) in [4.78, 5) is 24.8. The van der Waals surface area contributed by atoms with Crippen molar-refractivity contribution in [3.63, 3.8) is 0 Å². The van der Waals surface area contributed by atoms with E-state index in [0.29, 0.717) is 50.3 Å². The van der Waals surface area contributed by atoms with Gasteiger partial charge in [-0.25, -0.2) is 19.2 Å². The summed E-state index contributed by atoms with van der Waals surface area (Å²) in [6.07, 6.45) is 0.376. The molecule has 43 heavy (non-hydrogen) atoms. The van der Waals surface area contributed by atoms with Crippen LogP contribution in [0.5, 0.6) is 5.75 Å². The minimum atomic E-state index is -2.32. The van der Waals surface area contributed by atoms with E-state index in [4.69, 9.17) is 31.3 Å². The van der Waals surface area contributed by atoms with Gasteiger partial charge in [-0.2, -0.15) is 0 Å². The molecule has 5 rings (SSSR count). The Balaban J connectivity index is 1.32. The highest BCUT2D eigenvalue weighted by Crippen LogP contribution is 2.33. The quantitative estimate of drug-likeness (QED) is 0.130. The highest BCUT2D eigenvalue weighted by atomic mass is 35.5. The van der Waals surface area contributed by atoms with Crippen LogP contribution in [0.15, 0.2) is 83.5 Å². The summed E-state index contributed by atoms with van der Waals surface area (Å²) in [6.45, 7) is 0.0726. The Morgan fingerprint density at radius 2 is 1.98 bits per heavy atom. The van der Waals surface area contributed by atoms with E-state index in [1.807, 2.05) is 18.2 Å². The van der Waals surface area contributed by atoms with E-state index in [-0.39, 0.29) is 31.3 Å². The summed E-state index contributed by atoms with van der Waals surface area (Å²) in [5.74, 6) is 1.31. The van der Waals surface area contributed by atoms with Crippen molar-refractivity contribution < 1.29 is 31.9 Å². The summed E-state index contributed by atoms with van der Waals surface area (Å²) >= 11 is 4.14. The lowest BCUT2D eigenvalue weighted by Crippen LogP contribution is -2.32. The second-order valence-electron chi connectivity index (χ2n) is 9.19. The van der Waals surface area contributed by atoms with Crippen LogP contribution >= 0.6 is 11.6 Å². The first-order chi connectivity index (χ1) is 20.7. The van der Waals surface area contributed by atoms with Crippen molar-refractivity contribution in [3.05, 3.63) is 101 Å². The number of furan rings is 1. The molecule has 11 nitrogen and oxygen atoms in total. The number of amides is 1. The van der Waals surface area contributed by atoms with Crippen LogP contribution in [-0.2, 0) is 29.1 Å². The van der Waals surface area contributed by atoms with Gasteiger partial charge in [0.1, 0.15) is 41.8 Å². The fourth-order valence-electron chi connectivity index (χ4n) is 4.18. The van der Waals surface area contributed by atoms with Crippen molar-refractivity contribution in [1.29, 1.82) is 0 Å². The number of nitrogens with two attached hydrogens (primary N) is 1. The lowest BCUT2D eigenvalue weighted by molar-refractivity contribution is -0.102. The average molecular weight is 625 g/mol. The topological polar surface area (TPSA) is 156 Å². The maximum Gasteiger partial charge on any atom is 0.423 e. The molecule has 2 heterocycles. The Labute approximate surface area is 252 Å². The number of anilines is 2. The molecule has 0 saturated heterocycles. The Hall–Kier alpha value is -4.56. The number of hydroxylamine groups is 2. The lowest BCUT2D eigenvalue weighted by Gasteiger charge is -2.19. The molecule has 222 valence electrons. The summed E-state index contributed by atoms with van der Waals surface area (Å²) in [6, 6.07) is 20.3. The molecular weight excluding hydrogens is 601 g/mol. The minimum Gasteiger partial charge on any atom is -0.772 e. The van der Waals surface area contributed by atoms with Crippen molar-refractivity contribution in [1.82, 2.24) is 15.0 Å². The van der Waals surface area contributed by atoms with Gasteiger partial charge in [-0.1, -0.05) is 34.8 Å². The van der Waals surface area contributed by atoms with Crippen molar-refractivity contribution >= 4 is 51.2 Å². The molecule has 1 unspecified atom stereocenters. The van der Waals surface area contributed by atoms with E-state index in [9.17, 15) is 17.9 Å². The summed E-state index contributed by atoms with van der Waals surface area (Å²) in [7, 11) is 0. The zero-order valence-electron chi connectivity index (χ0n) is 22.4. The molecule has 0 fully saturated rings. The van der Waals surface area contributed by atoms with Crippen molar-refractivity contribution in [2.24, 2.45) is 5.73 Å². The third-order valence-corrected chi connectivity index (χ3v) is 6.93. The number of fused-ring (bicyclic) bond motifs is 1. The molecule has 0 radical (unpaired) electrons. The second-order valence-corrected chi connectivity index (χ2v) is 10.6. The highest BCUT2D eigenvalue weighted by Gasteiger charge is 2.15. The molecule has 5 aromatic rings. The standard InChI is InChI=1S/C29H25ClFN5O6S/c30-24-14-21(5-8-27(24)40-16-18-2-1-3-20(31)12-18)35-28-23-13-19(4-7-25(23)33-17-34-28)26-9-6-22(41-26)15-36(42-29(32)37)10-11-43(38)39/h1-9,12-14,17H,10-11,15-16H2,(H2,32,37)(H,38,39)(H,33,34,35)/p-1. The van der Waals surface area contributed by atoms with Gasteiger partial charge in [-0.05, 0) is 66.2 Å². The van der Waals surface area contributed by atoms with Crippen LogP contribution in [-0.4, -0.2) is 42.2 Å². The van der Waals surface area contributed by atoms with Gasteiger partial charge in [-0.3, -0.25) is 4.21 Å². The summed E-state index contributed by atoms with van der Waals surface area (Å²) in [5, 5.41) is 5.44. The molecule has 3 aromatic carbocycles. The van der Waals surface area contributed by atoms with E-state index < -0.39 is 17.2 Å². The zero-order chi connectivity index (χ0) is 30.3. The fraction of sp³-hybridized carbons (Fsp3) is 0.138. The number of rotatable bonds is 12. The number of carbonyl (C=O) groups excluding carboxylic acids is 1. The summed E-state index contributed by atoms with van der Waals surface area (Å²) < 4.78 is 47.0. The number of nitrogens with one attached hydrogen (secondary N) is 1. The Morgan fingerprint density at radius 3 is 2.74 bits per heavy atom. The van der Waals surface area contributed by atoms with E-state index in [1.165, 1.54) is 18.5 Å². The highest BCUT2D eigenvalue weighted by molar-refractivity contribution is 7.79. The molecule has 0 aliphatic carbocycles. The van der Waals surface area contributed by atoms with Gasteiger partial charge in [0.15, 0.2) is 0 Å². The number of benzene rings is 3. The van der Waals surface area contributed by atoms with Crippen LogP contribution < -0.4 is 15.8 Å². The molecule has 3 N–H and O–H groups in total. The maximum atomic E-state index is 13.5. The van der Waals surface area contributed by atoms with E-state index >= 15 is 0 Å². The Bertz CT molecular complexity index is 1790. The van der Waals surface area contributed by atoms with E-state index in [2.05, 4.69) is 15.3 Å². The molecule has 2 aromatic heterocycles. The van der Waals surface area contributed by atoms with Gasteiger partial charge in [0.25, 0.3) is 0 Å². The molecule has 14 heteroatoms. The Morgan fingerprint density at radius 1 is 1.12 bits per heavy atom. The van der Waals surface area contributed by atoms with Crippen molar-refractivity contribution in [2.75, 3.05) is 17.6 Å². The van der Waals surface area contributed by atoms with Crippen LogP contribution in [0.25, 0.3) is 22.2 Å². The van der Waals surface area contributed by atoms with Gasteiger partial charge in [-0.15, -0.1) is 5.06 Å². The first-order valence-corrected chi connectivity index (χ1v) is 14.4. The predicted octanol–water partition coefficient (Wildman–Crippen LogP) is 5.70. The average Bonchev–Trinajstić information content (AvgIpc) is 3.44. The number of hydrogen-bond donors (Lipinski definition) is 2. The molecule has 1 amide bonds. The molecule has 0 spiro atoms. The fourth-order valence-corrected chi connectivity index (χ4v) is 4.77. The van der Waals surface area contributed by atoms with Gasteiger partial charge in [0.05, 0.1) is 17.1 Å². The molecule has 1 atom stereocenters. The largest absolute Gasteiger partial charge is 0.772 e. The summed E-state index contributed by atoms with van der Waals surface area (Å²) in [5.41, 5.74) is 7.83. The van der Waals surface area contributed by atoms with Gasteiger partial charge in [0, 0.05) is 28.9 Å². The predicted molar refractivity (Wildman–Crippen MR) is 158 cm³/mol. The second kappa shape index (κ2) is 13.6.